The fourth-order valence-corrected chi connectivity index (χ4v) is 4.17. The molecule has 0 radical (unpaired) electrons. The summed E-state index contributed by atoms with van der Waals surface area (Å²) in [5.41, 5.74) is 7.76. The zero-order chi connectivity index (χ0) is 17.1. The Kier molecular flexibility index (Phi) is 4.66. The summed E-state index contributed by atoms with van der Waals surface area (Å²) in [5, 5.41) is 3.32. The number of methoxy groups -OCH3 is 1. The van der Waals surface area contributed by atoms with Crippen molar-refractivity contribution in [2.24, 2.45) is 5.73 Å². The number of primary amides is 1. The fraction of sp³-hybridized carbons (Fsp3) is 0.222. The lowest BCUT2D eigenvalue weighted by atomic mass is 10.1. The van der Waals surface area contributed by atoms with Gasteiger partial charge in [0.2, 0.25) is 5.91 Å². The first-order valence-electron chi connectivity index (χ1n) is 7.66. The van der Waals surface area contributed by atoms with E-state index < -0.39 is 5.91 Å². The molecule has 2 amide bonds. The predicted octanol–water partition coefficient (Wildman–Crippen LogP) is 3.00. The summed E-state index contributed by atoms with van der Waals surface area (Å²) >= 11 is 1.44. The molecule has 0 bridgehead atoms. The van der Waals surface area contributed by atoms with Crippen LogP contribution in [0.4, 0.5) is 5.00 Å². The van der Waals surface area contributed by atoms with Crippen LogP contribution >= 0.6 is 11.3 Å². The highest BCUT2D eigenvalue weighted by molar-refractivity contribution is 7.17. The quantitative estimate of drug-likeness (QED) is 0.820. The first-order valence-corrected chi connectivity index (χ1v) is 8.48. The minimum atomic E-state index is -0.488. The Morgan fingerprint density at radius 2 is 2.08 bits per heavy atom. The molecule has 0 fully saturated rings. The molecule has 6 heteroatoms. The Labute approximate surface area is 144 Å². The summed E-state index contributed by atoms with van der Waals surface area (Å²) in [5.74, 6) is -0.101. The highest BCUT2D eigenvalue weighted by Crippen LogP contribution is 2.38. The number of benzene rings is 1. The third kappa shape index (κ3) is 3.19. The summed E-state index contributed by atoms with van der Waals surface area (Å²) in [6.07, 6.45) is 5.92. The Morgan fingerprint density at radius 3 is 2.83 bits per heavy atom. The summed E-state index contributed by atoms with van der Waals surface area (Å²) in [6, 6.07) is 7.42. The molecule has 2 aromatic rings. The maximum atomic E-state index is 12.2. The molecule has 3 rings (SSSR count). The van der Waals surface area contributed by atoms with Crippen LogP contribution in [0.3, 0.4) is 0 Å². The number of nitrogens with two attached hydrogens (primary N) is 1. The lowest BCUT2D eigenvalue weighted by molar-refractivity contribution is -0.111. The van der Waals surface area contributed by atoms with Crippen molar-refractivity contribution in [2.75, 3.05) is 12.4 Å². The Balaban J connectivity index is 1.78. The predicted molar refractivity (Wildman–Crippen MR) is 95.5 cm³/mol. The van der Waals surface area contributed by atoms with Gasteiger partial charge in [-0.05, 0) is 37.0 Å². The highest BCUT2D eigenvalue weighted by Gasteiger charge is 2.25. The van der Waals surface area contributed by atoms with Crippen molar-refractivity contribution in [2.45, 2.75) is 19.3 Å². The van der Waals surface area contributed by atoms with Crippen molar-refractivity contribution in [3.8, 4) is 5.75 Å². The lowest BCUT2D eigenvalue weighted by Crippen LogP contribution is -2.16. The van der Waals surface area contributed by atoms with E-state index in [9.17, 15) is 9.59 Å². The molecule has 0 saturated carbocycles. The van der Waals surface area contributed by atoms with Crippen LogP contribution in [0.15, 0.2) is 30.3 Å². The van der Waals surface area contributed by atoms with Crippen LogP contribution in [-0.2, 0) is 17.6 Å². The molecule has 0 unspecified atom stereocenters. The molecule has 1 aliphatic carbocycles. The third-order valence-corrected chi connectivity index (χ3v) is 5.16. The number of ether oxygens (including phenoxy) is 1. The van der Waals surface area contributed by atoms with Crippen molar-refractivity contribution in [3.63, 3.8) is 0 Å². The Hall–Kier alpha value is -2.60. The maximum absolute atomic E-state index is 12.2. The molecule has 0 atom stereocenters. The van der Waals surface area contributed by atoms with Gasteiger partial charge in [0.15, 0.2) is 0 Å². The molecule has 1 heterocycles. The van der Waals surface area contributed by atoms with E-state index in [1.807, 2.05) is 24.3 Å². The second kappa shape index (κ2) is 6.88. The molecule has 0 spiro atoms. The Bertz CT molecular complexity index is 824. The van der Waals surface area contributed by atoms with Gasteiger partial charge in [0.25, 0.3) is 5.91 Å². The molecule has 3 N–H and O–H groups in total. The fourth-order valence-electron chi connectivity index (χ4n) is 2.88. The van der Waals surface area contributed by atoms with Crippen LogP contribution in [0.5, 0.6) is 5.75 Å². The van der Waals surface area contributed by atoms with Crippen molar-refractivity contribution in [1.29, 1.82) is 0 Å². The smallest absolute Gasteiger partial charge is 0.251 e. The van der Waals surface area contributed by atoms with Gasteiger partial charge in [-0.15, -0.1) is 11.3 Å². The van der Waals surface area contributed by atoms with Gasteiger partial charge in [-0.25, -0.2) is 0 Å². The van der Waals surface area contributed by atoms with Gasteiger partial charge >= 0.3 is 0 Å². The van der Waals surface area contributed by atoms with Gasteiger partial charge in [0.05, 0.1) is 12.7 Å². The first kappa shape index (κ1) is 16.3. The SMILES string of the molecule is COc1ccccc1C=CC(=O)Nc1sc2c(c1C(N)=O)CCC2. The molecule has 24 heavy (non-hydrogen) atoms. The van der Waals surface area contributed by atoms with Gasteiger partial charge < -0.3 is 15.8 Å². The Morgan fingerprint density at radius 1 is 1.29 bits per heavy atom. The summed E-state index contributed by atoms with van der Waals surface area (Å²) in [4.78, 5) is 25.1. The van der Waals surface area contributed by atoms with Gasteiger partial charge in [-0.1, -0.05) is 18.2 Å². The monoisotopic (exact) mass is 342 g/mol. The number of rotatable bonds is 5. The topological polar surface area (TPSA) is 81.4 Å². The number of fused-ring (bicyclic) bond motifs is 1. The molecule has 5 nitrogen and oxygen atoms in total. The van der Waals surface area contributed by atoms with Gasteiger partial charge in [0, 0.05) is 16.5 Å². The van der Waals surface area contributed by atoms with Crippen LogP contribution in [0, 0.1) is 0 Å². The van der Waals surface area contributed by atoms with E-state index in [1.165, 1.54) is 17.4 Å². The number of hydrogen-bond donors (Lipinski definition) is 2. The number of aryl methyl sites for hydroxylation is 1. The van der Waals surface area contributed by atoms with E-state index in [-0.39, 0.29) is 5.91 Å². The zero-order valence-electron chi connectivity index (χ0n) is 13.3. The minimum absolute atomic E-state index is 0.302. The van der Waals surface area contributed by atoms with Gasteiger partial charge in [0.1, 0.15) is 10.8 Å². The van der Waals surface area contributed by atoms with E-state index in [0.717, 1.165) is 35.3 Å². The van der Waals surface area contributed by atoms with Gasteiger partial charge in [-0.3, -0.25) is 9.59 Å². The van der Waals surface area contributed by atoms with Crippen LogP contribution in [0.2, 0.25) is 0 Å². The normalized spacial score (nSPS) is 13.0. The number of carbonyl (C=O) groups is 2. The van der Waals surface area contributed by atoms with E-state index in [2.05, 4.69) is 5.32 Å². The number of amides is 2. The van der Waals surface area contributed by atoms with Crippen molar-refractivity contribution in [1.82, 2.24) is 0 Å². The standard InChI is InChI=1S/C18H18N2O3S/c1-23-13-7-3-2-5-11(13)9-10-15(21)20-18-16(17(19)22)12-6-4-8-14(12)24-18/h2-3,5,7,9-10H,4,6,8H2,1H3,(H2,19,22)(H,20,21). The van der Waals surface area contributed by atoms with Crippen LogP contribution in [0.25, 0.3) is 6.08 Å². The first-order chi connectivity index (χ1) is 11.6. The van der Waals surface area contributed by atoms with E-state index in [0.29, 0.717) is 16.3 Å². The molecular weight excluding hydrogens is 324 g/mol. The van der Waals surface area contributed by atoms with E-state index >= 15 is 0 Å². The summed E-state index contributed by atoms with van der Waals surface area (Å²) in [6.45, 7) is 0. The van der Waals surface area contributed by atoms with Crippen molar-refractivity contribution in [3.05, 3.63) is 51.9 Å². The zero-order valence-corrected chi connectivity index (χ0v) is 14.1. The number of nitrogens with one attached hydrogen (secondary N) is 1. The number of para-hydroxylation sites is 1. The molecule has 0 saturated heterocycles. The number of hydrogen-bond acceptors (Lipinski definition) is 4. The minimum Gasteiger partial charge on any atom is -0.496 e. The number of carbonyl (C=O) groups excluding carboxylic acids is 2. The second-order valence-electron chi connectivity index (χ2n) is 5.49. The molecule has 1 aromatic heterocycles. The summed E-state index contributed by atoms with van der Waals surface area (Å²) in [7, 11) is 1.58. The third-order valence-electron chi connectivity index (χ3n) is 3.96. The molecule has 1 aromatic carbocycles. The van der Waals surface area contributed by atoms with Crippen LogP contribution < -0.4 is 15.8 Å². The molecular formula is C18H18N2O3S. The van der Waals surface area contributed by atoms with Gasteiger partial charge in [-0.2, -0.15) is 0 Å². The highest BCUT2D eigenvalue weighted by atomic mass is 32.1. The summed E-state index contributed by atoms with van der Waals surface area (Å²) < 4.78 is 5.25. The maximum Gasteiger partial charge on any atom is 0.251 e. The lowest BCUT2D eigenvalue weighted by Gasteiger charge is -2.05. The van der Waals surface area contributed by atoms with Crippen molar-refractivity contribution < 1.29 is 14.3 Å². The average Bonchev–Trinajstić information content (AvgIpc) is 3.13. The number of anilines is 1. The number of thiophene rings is 1. The average molecular weight is 342 g/mol. The molecule has 1 aliphatic rings. The largest absolute Gasteiger partial charge is 0.496 e. The van der Waals surface area contributed by atoms with E-state index in [4.69, 9.17) is 10.5 Å². The van der Waals surface area contributed by atoms with Crippen molar-refractivity contribution >= 4 is 34.2 Å². The van der Waals surface area contributed by atoms with Crippen LogP contribution in [-0.4, -0.2) is 18.9 Å². The molecule has 0 aliphatic heterocycles. The van der Waals surface area contributed by atoms with E-state index in [1.54, 1.807) is 13.2 Å². The molecule has 124 valence electrons. The van der Waals surface area contributed by atoms with Crippen LogP contribution in [0.1, 0.15) is 32.8 Å². The second-order valence-corrected chi connectivity index (χ2v) is 6.60.